The third-order valence-electron chi connectivity index (χ3n) is 3.93. The van der Waals surface area contributed by atoms with Crippen molar-refractivity contribution in [2.45, 2.75) is 24.2 Å². The molecule has 11 heteroatoms. The first kappa shape index (κ1) is 25.2. The normalized spacial score (nSPS) is 12.2. The minimum Gasteiger partial charge on any atom is -0.352 e. The van der Waals surface area contributed by atoms with Crippen molar-refractivity contribution >= 4 is 40.0 Å². The van der Waals surface area contributed by atoms with Gasteiger partial charge in [-0.05, 0) is 42.4 Å². The molecule has 0 aliphatic heterocycles. The van der Waals surface area contributed by atoms with E-state index in [9.17, 15) is 21.6 Å². The van der Waals surface area contributed by atoms with Gasteiger partial charge in [-0.25, -0.2) is 13.1 Å². The molecule has 6 nitrogen and oxygen atoms in total. The molecule has 0 bridgehead atoms. The van der Waals surface area contributed by atoms with Crippen molar-refractivity contribution in [2.75, 3.05) is 14.1 Å². The number of aliphatic imine (C=N–C) groups is 1. The molecule has 0 amide bonds. The van der Waals surface area contributed by atoms with Crippen LogP contribution in [0.2, 0.25) is 0 Å². The summed E-state index contributed by atoms with van der Waals surface area (Å²) in [6, 6.07) is 11.2. The molecule has 0 saturated carbocycles. The van der Waals surface area contributed by atoms with Crippen molar-refractivity contribution < 1.29 is 21.6 Å². The third kappa shape index (κ3) is 7.48. The number of rotatable bonds is 6. The Morgan fingerprint density at radius 1 is 0.931 bits per heavy atom. The molecule has 2 aromatic carbocycles. The minimum absolute atomic E-state index is 0. The number of nitrogens with one attached hydrogen (secondary N) is 3. The summed E-state index contributed by atoms with van der Waals surface area (Å²) in [5.74, 6) is 0.465. The van der Waals surface area contributed by atoms with Gasteiger partial charge in [-0.2, -0.15) is 13.2 Å². The van der Waals surface area contributed by atoms with E-state index >= 15 is 0 Å². The summed E-state index contributed by atoms with van der Waals surface area (Å²) in [5.41, 5.74) is 0.826. The zero-order chi connectivity index (χ0) is 20.8. The van der Waals surface area contributed by atoms with Crippen LogP contribution in [0.1, 0.15) is 16.7 Å². The maximum Gasteiger partial charge on any atom is 0.416 e. The van der Waals surface area contributed by atoms with Crippen LogP contribution in [0.4, 0.5) is 13.2 Å². The van der Waals surface area contributed by atoms with Crippen LogP contribution in [-0.2, 0) is 29.3 Å². The topological polar surface area (TPSA) is 82.6 Å². The van der Waals surface area contributed by atoms with Crippen molar-refractivity contribution in [1.29, 1.82) is 0 Å². The average Bonchev–Trinajstić information content (AvgIpc) is 2.68. The molecule has 0 spiro atoms. The Balaban J connectivity index is 0.00000420. The molecule has 0 unspecified atom stereocenters. The Hall–Kier alpha value is -1.86. The average molecular weight is 542 g/mol. The van der Waals surface area contributed by atoms with E-state index in [4.69, 9.17) is 0 Å². The second-order valence-electron chi connectivity index (χ2n) is 5.83. The molecular weight excluding hydrogens is 520 g/mol. The number of nitrogens with zero attached hydrogens (tertiary/aromatic N) is 1. The molecule has 0 heterocycles. The van der Waals surface area contributed by atoms with Gasteiger partial charge >= 0.3 is 6.18 Å². The Morgan fingerprint density at radius 3 is 1.76 bits per heavy atom. The van der Waals surface area contributed by atoms with Crippen molar-refractivity contribution in [2.24, 2.45) is 4.99 Å². The lowest BCUT2D eigenvalue weighted by atomic mass is 10.1. The lowest BCUT2D eigenvalue weighted by molar-refractivity contribution is -0.137. The van der Waals surface area contributed by atoms with Crippen LogP contribution in [0.25, 0.3) is 0 Å². The molecule has 3 N–H and O–H groups in total. The van der Waals surface area contributed by atoms with Crippen LogP contribution in [-0.4, -0.2) is 28.5 Å². The quantitative estimate of drug-likeness (QED) is 0.298. The monoisotopic (exact) mass is 542 g/mol. The first-order valence-electron chi connectivity index (χ1n) is 8.29. The van der Waals surface area contributed by atoms with Gasteiger partial charge in [0.05, 0.1) is 10.5 Å². The molecule has 0 atom stereocenters. The maximum atomic E-state index is 12.6. The van der Waals surface area contributed by atoms with Crippen LogP contribution in [0.3, 0.4) is 0 Å². The molecule has 0 saturated heterocycles. The lowest BCUT2D eigenvalue weighted by Gasteiger charge is -2.13. The Kier molecular flexibility index (Phi) is 9.36. The predicted molar refractivity (Wildman–Crippen MR) is 117 cm³/mol. The predicted octanol–water partition coefficient (Wildman–Crippen LogP) is 3.10. The van der Waals surface area contributed by atoms with E-state index in [1.54, 1.807) is 19.2 Å². The van der Waals surface area contributed by atoms with E-state index in [2.05, 4.69) is 20.3 Å². The molecule has 0 aliphatic rings. The lowest BCUT2D eigenvalue weighted by Crippen LogP contribution is -2.36. The van der Waals surface area contributed by atoms with Crippen molar-refractivity contribution in [3.8, 4) is 0 Å². The number of benzene rings is 2. The summed E-state index contributed by atoms with van der Waals surface area (Å²) in [4.78, 5) is 4.22. The van der Waals surface area contributed by atoms with E-state index in [0.29, 0.717) is 24.6 Å². The van der Waals surface area contributed by atoms with E-state index in [1.807, 2.05) is 0 Å². The van der Waals surface area contributed by atoms with Gasteiger partial charge < -0.3 is 10.6 Å². The first-order valence-corrected chi connectivity index (χ1v) is 9.77. The number of alkyl halides is 3. The number of halogens is 4. The van der Waals surface area contributed by atoms with Gasteiger partial charge in [-0.3, -0.25) is 4.99 Å². The number of hydrogen-bond acceptors (Lipinski definition) is 3. The fourth-order valence-corrected chi connectivity index (χ4v) is 3.04. The summed E-state index contributed by atoms with van der Waals surface area (Å²) in [7, 11) is -0.561. The van der Waals surface area contributed by atoms with Gasteiger partial charge in [-0.1, -0.05) is 24.3 Å². The highest BCUT2D eigenvalue weighted by Crippen LogP contribution is 2.29. The van der Waals surface area contributed by atoms with Gasteiger partial charge in [0, 0.05) is 20.1 Å². The molecule has 2 rings (SSSR count). The Labute approximate surface area is 185 Å². The molecule has 0 fully saturated rings. The van der Waals surface area contributed by atoms with Crippen LogP contribution in [0, 0.1) is 0 Å². The van der Waals surface area contributed by atoms with Gasteiger partial charge in [0.15, 0.2) is 5.96 Å². The largest absolute Gasteiger partial charge is 0.416 e. The molecule has 0 radical (unpaired) electrons. The van der Waals surface area contributed by atoms with E-state index in [-0.39, 0.29) is 28.9 Å². The molecule has 0 aliphatic carbocycles. The Morgan fingerprint density at radius 2 is 1.38 bits per heavy atom. The molecule has 160 valence electrons. The van der Waals surface area contributed by atoms with E-state index in [1.165, 1.54) is 31.3 Å². The van der Waals surface area contributed by atoms with Crippen LogP contribution in [0.15, 0.2) is 58.4 Å². The zero-order valence-electron chi connectivity index (χ0n) is 15.7. The van der Waals surface area contributed by atoms with E-state index in [0.717, 1.165) is 17.7 Å². The minimum atomic E-state index is -4.36. The summed E-state index contributed by atoms with van der Waals surface area (Å²) in [6.07, 6.45) is -4.36. The number of hydrogen-bond donors (Lipinski definition) is 3. The summed E-state index contributed by atoms with van der Waals surface area (Å²) < 4.78 is 63.4. The van der Waals surface area contributed by atoms with E-state index < -0.39 is 21.8 Å². The van der Waals surface area contributed by atoms with Crippen LogP contribution in [0.5, 0.6) is 0 Å². The van der Waals surface area contributed by atoms with Crippen molar-refractivity contribution in [3.05, 3.63) is 65.2 Å². The molecular formula is C18H22F3IN4O2S. The molecule has 2 aromatic rings. The van der Waals surface area contributed by atoms with Gasteiger partial charge in [0.2, 0.25) is 10.0 Å². The maximum absolute atomic E-state index is 12.6. The highest BCUT2D eigenvalue weighted by molar-refractivity contribution is 14.0. The van der Waals surface area contributed by atoms with Crippen molar-refractivity contribution in [3.63, 3.8) is 0 Å². The second kappa shape index (κ2) is 10.8. The van der Waals surface area contributed by atoms with Gasteiger partial charge in [-0.15, -0.1) is 24.0 Å². The number of sulfonamides is 1. The SMILES string of the molecule is CN=C(NCc1ccc(C(F)(F)F)cc1)NCc1ccc(S(=O)(=O)NC)cc1.I. The first-order chi connectivity index (χ1) is 13.2. The third-order valence-corrected chi connectivity index (χ3v) is 5.36. The summed E-state index contributed by atoms with van der Waals surface area (Å²) >= 11 is 0. The smallest absolute Gasteiger partial charge is 0.352 e. The highest BCUT2D eigenvalue weighted by Gasteiger charge is 2.29. The number of guanidine groups is 1. The van der Waals surface area contributed by atoms with Gasteiger partial charge in [0.25, 0.3) is 0 Å². The standard InChI is InChI=1S/C18H21F3N4O2S.HI/c1-22-17(24-11-13-3-7-15(8-4-13)18(19,20)21)25-12-14-5-9-16(10-6-14)28(26,27)23-2;/h3-10,23H,11-12H2,1-2H3,(H2,22,24,25);1H. The fraction of sp³-hybridized carbons (Fsp3) is 0.278. The molecule has 0 aromatic heterocycles. The van der Waals surface area contributed by atoms with Crippen molar-refractivity contribution in [1.82, 2.24) is 15.4 Å². The van der Waals surface area contributed by atoms with Gasteiger partial charge in [0.1, 0.15) is 0 Å². The zero-order valence-corrected chi connectivity index (χ0v) is 18.9. The van der Waals surface area contributed by atoms with Crippen LogP contribution >= 0.6 is 24.0 Å². The second-order valence-corrected chi connectivity index (χ2v) is 7.71. The molecule has 29 heavy (non-hydrogen) atoms. The summed E-state index contributed by atoms with van der Waals surface area (Å²) in [5, 5.41) is 6.07. The van der Waals surface area contributed by atoms with Crippen LogP contribution < -0.4 is 15.4 Å². The Bertz CT molecular complexity index is 916. The summed E-state index contributed by atoms with van der Waals surface area (Å²) in [6.45, 7) is 0.698. The fourth-order valence-electron chi connectivity index (χ4n) is 2.31. The highest BCUT2D eigenvalue weighted by atomic mass is 127.